The van der Waals surface area contributed by atoms with Crippen LogP contribution >= 0.6 is 0 Å². The van der Waals surface area contributed by atoms with Gasteiger partial charge in [-0.3, -0.25) is 24.9 Å². The highest BCUT2D eigenvalue weighted by Gasteiger charge is 2.38. The molecular weight excluding hydrogens is 530 g/mol. The van der Waals surface area contributed by atoms with Crippen molar-refractivity contribution in [3.63, 3.8) is 0 Å². The average molecular weight is 570 g/mol. The molecule has 3 aromatic rings. The van der Waals surface area contributed by atoms with Crippen molar-refractivity contribution < 1.29 is 14.7 Å². The highest BCUT2D eigenvalue weighted by Crippen LogP contribution is 2.37. The predicted molar refractivity (Wildman–Crippen MR) is 162 cm³/mol. The first-order valence-electron chi connectivity index (χ1n) is 14.9. The average Bonchev–Trinajstić information content (AvgIpc) is 3.59. The number of amidine groups is 1. The molecule has 5 rings (SSSR count). The zero-order valence-electron chi connectivity index (χ0n) is 24.4. The first-order valence-corrected chi connectivity index (χ1v) is 14.9. The number of hydrogen-bond acceptors (Lipinski definition) is 5. The van der Waals surface area contributed by atoms with Crippen molar-refractivity contribution in [1.82, 2.24) is 19.8 Å². The van der Waals surface area contributed by atoms with Crippen LogP contribution < -0.4 is 10.9 Å². The number of nitrogens with one attached hydrogen (secondary N) is 2. The van der Waals surface area contributed by atoms with Crippen molar-refractivity contribution in [2.75, 3.05) is 13.1 Å². The molecule has 9 nitrogen and oxygen atoms in total. The quantitative estimate of drug-likeness (QED) is 0.247. The van der Waals surface area contributed by atoms with Crippen LogP contribution in [0.3, 0.4) is 0 Å². The molecule has 2 fully saturated rings. The SMILES string of the molecule is CCCCc1nc(C)c(CC(=O)N2CC3CCCC3C2)c(=O)n1Cc1ccc(-c2ccccc2C(=N)NC(=O)O)cc1. The highest BCUT2D eigenvalue weighted by molar-refractivity contribution is 6.08. The van der Waals surface area contributed by atoms with Gasteiger partial charge in [0, 0.05) is 36.3 Å². The lowest BCUT2D eigenvalue weighted by molar-refractivity contribution is -0.129. The maximum Gasteiger partial charge on any atom is 0.410 e. The number of nitrogens with zero attached hydrogens (tertiary/aromatic N) is 3. The molecule has 1 saturated heterocycles. The van der Waals surface area contributed by atoms with Crippen LogP contribution in [0, 0.1) is 24.2 Å². The molecule has 0 spiro atoms. The number of benzene rings is 2. The summed E-state index contributed by atoms with van der Waals surface area (Å²) in [5.74, 6) is 1.77. The first kappa shape index (κ1) is 29.2. The summed E-state index contributed by atoms with van der Waals surface area (Å²) in [6.07, 6.45) is 5.01. The smallest absolute Gasteiger partial charge is 0.410 e. The van der Waals surface area contributed by atoms with E-state index in [0.29, 0.717) is 41.6 Å². The van der Waals surface area contributed by atoms with E-state index in [4.69, 9.17) is 15.5 Å². The molecule has 220 valence electrons. The molecule has 1 saturated carbocycles. The van der Waals surface area contributed by atoms with Crippen LogP contribution in [0.5, 0.6) is 0 Å². The Bertz CT molecular complexity index is 1530. The van der Waals surface area contributed by atoms with Gasteiger partial charge in [0.1, 0.15) is 11.7 Å². The van der Waals surface area contributed by atoms with Gasteiger partial charge in [-0.2, -0.15) is 0 Å². The maximum atomic E-state index is 13.9. The van der Waals surface area contributed by atoms with Gasteiger partial charge in [0.05, 0.1) is 13.0 Å². The van der Waals surface area contributed by atoms with E-state index in [1.807, 2.05) is 48.2 Å². The van der Waals surface area contributed by atoms with E-state index in [0.717, 1.165) is 48.4 Å². The van der Waals surface area contributed by atoms with Gasteiger partial charge in [0.25, 0.3) is 5.56 Å². The summed E-state index contributed by atoms with van der Waals surface area (Å²) in [4.78, 5) is 45.0. The summed E-state index contributed by atoms with van der Waals surface area (Å²) < 4.78 is 1.72. The molecule has 1 aliphatic heterocycles. The number of hydrogen-bond donors (Lipinski definition) is 3. The number of carboxylic acid groups (broad SMARTS) is 1. The van der Waals surface area contributed by atoms with Gasteiger partial charge < -0.3 is 10.0 Å². The van der Waals surface area contributed by atoms with Crippen LogP contribution in [-0.4, -0.2) is 50.5 Å². The molecule has 1 aliphatic carbocycles. The Morgan fingerprint density at radius 3 is 2.43 bits per heavy atom. The van der Waals surface area contributed by atoms with Crippen LogP contribution in [0.25, 0.3) is 11.1 Å². The maximum absolute atomic E-state index is 13.9. The van der Waals surface area contributed by atoms with Gasteiger partial charge in [0.15, 0.2) is 0 Å². The molecule has 2 unspecified atom stereocenters. The fraction of sp³-hybridized carbons (Fsp3) is 0.424. The van der Waals surface area contributed by atoms with E-state index in [9.17, 15) is 14.4 Å². The number of amides is 2. The van der Waals surface area contributed by atoms with Crippen LogP contribution in [0.4, 0.5) is 4.79 Å². The molecule has 3 N–H and O–H groups in total. The standard InChI is InChI=1S/C33H39N5O4/c1-3-4-12-29-35-21(2)28(17-30(39)37-19-24-8-7-9-25(24)20-37)32(40)38(29)18-22-13-15-23(16-14-22)26-10-5-6-11-27(26)31(34)36-33(41)42/h5-6,10-11,13-16,24-25H,3-4,7-9,12,17-20H2,1-2H3,(H2,34,36)(H,41,42). The molecule has 2 atom stereocenters. The second kappa shape index (κ2) is 12.7. The van der Waals surface area contributed by atoms with E-state index >= 15 is 0 Å². The van der Waals surface area contributed by atoms with Gasteiger partial charge in [-0.25, -0.2) is 9.78 Å². The number of aromatic nitrogens is 2. The van der Waals surface area contributed by atoms with Crippen LogP contribution in [0.15, 0.2) is 53.3 Å². The van der Waals surface area contributed by atoms with E-state index < -0.39 is 6.09 Å². The number of unbranched alkanes of at least 4 members (excludes halogenated alkanes) is 1. The topological polar surface area (TPSA) is 128 Å². The normalized spacial score (nSPS) is 17.7. The highest BCUT2D eigenvalue weighted by atomic mass is 16.4. The molecule has 0 bridgehead atoms. The Morgan fingerprint density at radius 2 is 1.76 bits per heavy atom. The zero-order valence-corrected chi connectivity index (χ0v) is 24.4. The number of likely N-dealkylation sites (tertiary alicyclic amines) is 1. The lowest BCUT2D eigenvalue weighted by Crippen LogP contribution is -2.36. The number of carbonyl (C=O) groups is 2. The third-order valence-corrected chi connectivity index (χ3v) is 8.74. The zero-order chi connectivity index (χ0) is 29.8. The van der Waals surface area contributed by atoms with Gasteiger partial charge in [-0.05, 0) is 54.7 Å². The third kappa shape index (κ3) is 6.30. The van der Waals surface area contributed by atoms with E-state index in [1.54, 1.807) is 16.7 Å². The Kier molecular flexibility index (Phi) is 8.85. The molecule has 2 aromatic carbocycles. The summed E-state index contributed by atoms with van der Waals surface area (Å²) in [6.45, 7) is 5.89. The summed E-state index contributed by atoms with van der Waals surface area (Å²) in [7, 11) is 0. The summed E-state index contributed by atoms with van der Waals surface area (Å²) in [6, 6.07) is 14.8. The van der Waals surface area contributed by atoms with E-state index in [2.05, 4.69) is 12.2 Å². The molecule has 9 heteroatoms. The molecule has 2 amide bonds. The van der Waals surface area contributed by atoms with Gasteiger partial charge in [-0.15, -0.1) is 0 Å². The van der Waals surface area contributed by atoms with E-state index in [-0.39, 0.29) is 23.7 Å². The van der Waals surface area contributed by atoms with Gasteiger partial charge >= 0.3 is 6.09 Å². The molecule has 0 radical (unpaired) electrons. The van der Waals surface area contributed by atoms with Crippen molar-refractivity contribution >= 4 is 17.8 Å². The molecule has 42 heavy (non-hydrogen) atoms. The summed E-state index contributed by atoms with van der Waals surface area (Å²) in [5.41, 5.74) is 3.91. The number of aryl methyl sites for hydroxylation is 2. The lowest BCUT2D eigenvalue weighted by atomic mass is 9.98. The molecule has 2 heterocycles. The molecular formula is C33H39N5O4. The Morgan fingerprint density at radius 1 is 1.07 bits per heavy atom. The Hall–Kier alpha value is -4.27. The van der Waals surface area contributed by atoms with Crippen LogP contribution in [0.2, 0.25) is 0 Å². The fourth-order valence-corrected chi connectivity index (χ4v) is 6.45. The van der Waals surface area contributed by atoms with Crippen molar-refractivity contribution in [3.8, 4) is 11.1 Å². The van der Waals surface area contributed by atoms with Crippen molar-refractivity contribution in [3.05, 3.63) is 87.1 Å². The minimum atomic E-state index is -1.29. The Balaban J connectivity index is 1.40. The predicted octanol–water partition coefficient (Wildman–Crippen LogP) is 5.00. The van der Waals surface area contributed by atoms with Crippen LogP contribution in [-0.2, 0) is 24.2 Å². The monoisotopic (exact) mass is 569 g/mol. The molecule has 1 aromatic heterocycles. The minimum absolute atomic E-state index is 0.0187. The van der Waals surface area contributed by atoms with Crippen molar-refractivity contribution in [2.24, 2.45) is 11.8 Å². The van der Waals surface area contributed by atoms with Crippen molar-refractivity contribution in [2.45, 2.75) is 65.3 Å². The number of carbonyl (C=O) groups excluding carboxylic acids is 1. The third-order valence-electron chi connectivity index (χ3n) is 8.74. The first-order chi connectivity index (χ1) is 20.2. The van der Waals surface area contributed by atoms with Gasteiger partial charge in [-0.1, -0.05) is 68.3 Å². The van der Waals surface area contributed by atoms with Crippen molar-refractivity contribution in [1.29, 1.82) is 5.41 Å². The number of rotatable bonds is 9. The largest absolute Gasteiger partial charge is 0.465 e. The summed E-state index contributed by atoms with van der Waals surface area (Å²) in [5, 5.41) is 19.3. The Labute approximate surface area is 246 Å². The van der Waals surface area contributed by atoms with Gasteiger partial charge in [0.2, 0.25) is 5.91 Å². The van der Waals surface area contributed by atoms with E-state index in [1.165, 1.54) is 19.3 Å². The second-order valence-electron chi connectivity index (χ2n) is 11.6. The number of fused-ring (bicyclic) bond motifs is 1. The fourth-order valence-electron chi connectivity index (χ4n) is 6.45. The summed E-state index contributed by atoms with van der Waals surface area (Å²) >= 11 is 0. The lowest BCUT2D eigenvalue weighted by Gasteiger charge is -2.20. The minimum Gasteiger partial charge on any atom is -0.465 e. The second-order valence-corrected chi connectivity index (χ2v) is 11.6. The van der Waals surface area contributed by atoms with Crippen LogP contribution in [0.1, 0.15) is 67.2 Å². The molecule has 2 aliphatic rings.